The largest absolute Gasteiger partial charge is 0.304 e. The average Bonchev–Trinajstić information content (AvgIpc) is 2.27. The standard InChI is InChI=1S/C14H18N2O/c1-10-8-12(14(2,3)9-17-15)11-6-4-5-7-13(11)16-10/h4-8H,9,15H2,1-3H3. The molecule has 0 aliphatic carbocycles. The number of nitrogens with zero attached hydrogens (tertiary/aromatic N) is 1. The van der Waals surface area contributed by atoms with E-state index in [-0.39, 0.29) is 5.41 Å². The number of benzene rings is 1. The number of para-hydroxylation sites is 1. The van der Waals surface area contributed by atoms with E-state index in [4.69, 9.17) is 10.7 Å². The van der Waals surface area contributed by atoms with Crippen molar-refractivity contribution < 1.29 is 4.84 Å². The predicted octanol–water partition coefficient (Wildman–Crippen LogP) is 2.71. The molecule has 3 heteroatoms. The third-order valence-corrected chi connectivity index (χ3v) is 3.02. The highest BCUT2D eigenvalue weighted by Crippen LogP contribution is 2.30. The zero-order chi connectivity index (χ0) is 12.5. The molecule has 0 atom stereocenters. The van der Waals surface area contributed by atoms with Gasteiger partial charge >= 0.3 is 0 Å². The smallest absolute Gasteiger partial charge is 0.0770 e. The molecule has 1 aromatic carbocycles. The second-order valence-corrected chi connectivity index (χ2v) is 5.02. The minimum absolute atomic E-state index is 0.123. The molecular weight excluding hydrogens is 212 g/mol. The number of pyridine rings is 1. The minimum atomic E-state index is -0.123. The highest BCUT2D eigenvalue weighted by Gasteiger charge is 2.23. The first-order chi connectivity index (χ1) is 8.04. The lowest BCUT2D eigenvalue weighted by Crippen LogP contribution is -2.26. The third kappa shape index (κ3) is 2.30. The monoisotopic (exact) mass is 230 g/mol. The fourth-order valence-electron chi connectivity index (χ4n) is 2.15. The second kappa shape index (κ2) is 4.43. The van der Waals surface area contributed by atoms with Crippen LogP contribution in [0.15, 0.2) is 30.3 Å². The molecule has 1 heterocycles. The summed E-state index contributed by atoms with van der Waals surface area (Å²) < 4.78 is 0. The van der Waals surface area contributed by atoms with Gasteiger partial charge in [-0.1, -0.05) is 32.0 Å². The van der Waals surface area contributed by atoms with E-state index < -0.39 is 0 Å². The van der Waals surface area contributed by atoms with Crippen molar-refractivity contribution in [2.75, 3.05) is 6.61 Å². The Morgan fingerprint density at radius 2 is 2.00 bits per heavy atom. The molecule has 0 amide bonds. The van der Waals surface area contributed by atoms with E-state index in [2.05, 4.69) is 31.0 Å². The van der Waals surface area contributed by atoms with Gasteiger partial charge in [-0.05, 0) is 24.6 Å². The molecule has 0 unspecified atom stereocenters. The van der Waals surface area contributed by atoms with Gasteiger partial charge in [0.25, 0.3) is 0 Å². The topological polar surface area (TPSA) is 48.1 Å². The number of rotatable bonds is 3. The highest BCUT2D eigenvalue weighted by molar-refractivity contribution is 5.83. The van der Waals surface area contributed by atoms with Crippen LogP contribution in [0.1, 0.15) is 25.1 Å². The predicted molar refractivity (Wildman–Crippen MR) is 69.6 cm³/mol. The minimum Gasteiger partial charge on any atom is -0.304 e. The molecule has 2 rings (SSSR count). The molecule has 0 spiro atoms. The number of aryl methyl sites for hydroxylation is 1. The van der Waals surface area contributed by atoms with E-state index in [9.17, 15) is 0 Å². The summed E-state index contributed by atoms with van der Waals surface area (Å²) in [6.07, 6.45) is 0. The number of aromatic nitrogens is 1. The zero-order valence-corrected chi connectivity index (χ0v) is 10.5. The lowest BCUT2D eigenvalue weighted by molar-refractivity contribution is 0.0969. The Labute approximate surface area is 102 Å². The summed E-state index contributed by atoms with van der Waals surface area (Å²) >= 11 is 0. The number of fused-ring (bicyclic) bond motifs is 1. The van der Waals surface area contributed by atoms with E-state index in [0.717, 1.165) is 11.2 Å². The van der Waals surface area contributed by atoms with Gasteiger partial charge in [-0.3, -0.25) is 4.98 Å². The maximum absolute atomic E-state index is 5.22. The lowest BCUT2D eigenvalue weighted by Gasteiger charge is -2.25. The SMILES string of the molecule is Cc1cc(C(C)(C)CON)c2ccccc2n1. The van der Waals surface area contributed by atoms with Crippen molar-refractivity contribution in [3.05, 3.63) is 41.6 Å². The van der Waals surface area contributed by atoms with Crippen molar-refractivity contribution in [1.29, 1.82) is 0 Å². The summed E-state index contributed by atoms with van der Waals surface area (Å²) in [5.41, 5.74) is 3.14. The summed E-state index contributed by atoms with van der Waals surface area (Å²) in [7, 11) is 0. The first kappa shape index (κ1) is 12.0. The second-order valence-electron chi connectivity index (χ2n) is 5.02. The Morgan fingerprint density at radius 1 is 1.29 bits per heavy atom. The summed E-state index contributed by atoms with van der Waals surface area (Å²) in [4.78, 5) is 9.37. The summed E-state index contributed by atoms with van der Waals surface area (Å²) in [5, 5.41) is 1.17. The molecule has 3 nitrogen and oxygen atoms in total. The van der Waals surface area contributed by atoms with Crippen LogP contribution in [0.4, 0.5) is 0 Å². The van der Waals surface area contributed by atoms with E-state index in [1.54, 1.807) is 0 Å². The maximum atomic E-state index is 5.22. The normalized spacial score (nSPS) is 12.0. The van der Waals surface area contributed by atoms with E-state index in [1.165, 1.54) is 10.9 Å². The van der Waals surface area contributed by atoms with Crippen LogP contribution < -0.4 is 5.90 Å². The molecule has 2 aromatic rings. The molecule has 0 radical (unpaired) electrons. The fraction of sp³-hybridized carbons (Fsp3) is 0.357. The van der Waals surface area contributed by atoms with Crippen LogP contribution in [0.5, 0.6) is 0 Å². The van der Waals surface area contributed by atoms with Crippen LogP contribution in [-0.2, 0) is 10.3 Å². The Morgan fingerprint density at radius 3 is 2.71 bits per heavy atom. The summed E-state index contributed by atoms with van der Waals surface area (Å²) in [6, 6.07) is 10.3. The number of hydrogen-bond donors (Lipinski definition) is 1. The van der Waals surface area contributed by atoms with Crippen molar-refractivity contribution in [2.24, 2.45) is 5.90 Å². The fourth-order valence-corrected chi connectivity index (χ4v) is 2.15. The zero-order valence-electron chi connectivity index (χ0n) is 10.5. The summed E-state index contributed by atoms with van der Waals surface area (Å²) in [5.74, 6) is 5.22. The van der Waals surface area contributed by atoms with Gasteiger partial charge in [0.15, 0.2) is 0 Å². The van der Waals surface area contributed by atoms with Crippen molar-refractivity contribution in [3.8, 4) is 0 Å². The van der Waals surface area contributed by atoms with Crippen LogP contribution in [0.25, 0.3) is 10.9 Å². The van der Waals surface area contributed by atoms with Crippen LogP contribution in [0.3, 0.4) is 0 Å². The number of hydrogen-bond acceptors (Lipinski definition) is 3. The molecule has 0 saturated carbocycles. The quantitative estimate of drug-likeness (QED) is 0.825. The lowest BCUT2D eigenvalue weighted by atomic mass is 9.83. The van der Waals surface area contributed by atoms with Crippen LogP contribution in [-0.4, -0.2) is 11.6 Å². The van der Waals surface area contributed by atoms with Crippen molar-refractivity contribution >= 4 is 10.9 Å². The highest BCUT2D eigenvalue weighted by atomic mass is 16.6. The van der Waals surface area contributed by atoms with Crippen molar-refractivity contribution in [3.63, 3.8) is 0 Å². The van der Waals surface area contributed by atoms with Gasteiger partial charge in [-0.25, -0.2) is 5.90 Å². The first-order valence-corrected chi connectivity index (χ1v) is 5.73. The Hall–Kier alpha value is -1.45. The Balaban J connectivity index is 2.67. The first-order valence-electron chi connectivity index (χ1n) is 5.73. The van der Waals surface area contributed by atoms with Crippen molar-refractivity contribution in [2.45, 2.75) is 26.2 Å². The van der Waals surface area contributed by atoms with Gasteiger partial charge in [0.2, 0.25) is 0 Å². The molecule has 0 aliphatic heterocycles. The molecule has 0 fully saturated rings. The molecule has 1 aromatic heterocycles. The maximum Gasteiger partial charge on any atom is 0.0770 e. The van der Waals surface area contributed by atoms with Gasteiger partial charge in [0, 0.05) is 16.5 Å². The molecule has 0 bridgehead atoms. The van der Waals surface area contributed by atoms with Gasteiger partial charge in [0.1, 0.15) is 0 Å². The van der Waals surface area contributed by atoms with Crippen LogP contribution in [0, 0.1) is 6.92 Å². The van der Waals surface area contributed by atoms with Gasteiger partial charge in [0.05, 0.1) is 12.1 Å². The average molecular weight is 230 g/mol. The molecular formula is C14H18N2O. The van der Waals surface area contributed by atoms with Crippen LogP contribution in [0.2, 0.25) is 0 Å². The molecule has 2 N–H and O–H groups in total. The van der Waals surface area contributed by atoms with Crippen LogP contribution >= 0.6 is 0 Å². The van der Waals surface area contributed by atoms with E-state index in [1.807, 2.05) is 25.1 Å². The molecule has 0 aliphatic rings. The summed E-state index contributed by atoms with van der Waals surface area (Å²) in [6.45, 7) is 6.75. The Kier molecular flexibility index (Phi) is 3.13. The van der Waals surface area contributed by atoms with E-state index in [0.29, 0.717) is 6.61 Å². The van der Waals surface area contributed by atoms with E-state index >= 15 is 0 Å². The van der Waals surface area contributed by atoms with Gasteiger partial charge in [-0.15, -0.1) is 0 Å². The molecule has 0 saturated heterocycles. The Bertz CT molecular complexity index is 535. The van der Waals surface area contributed by atoms with Gasteiger partial charge in [-0.2, -0.15) is 0 Å². The van der Waals surface area contributed by atoms with Gasteiger partial charge < -0.3 is 4.84 Å². The number of nitrogens with two attached hydrogens (primary N) is 1. The molecule has 17 heavy (non-hydrogen) atoms. The molecule has 90 valence electrons. The third-order valence-electron chi connectivity index (χ3n) is 3.02. The van der Waals surface area contributed by atoms with Crippen molar-refractivity contribution in [1.82, 2.24) is 4.98 Å².